The number of piperazine rings is 1. The van der Waals surface area contributed by atoms with Crippen molar-refractivity contribution < 1.29 is 14.3 Å². The molecule has 0 aliphatic carbocycles. The smallest absolute Gasteiger partial charge is 0.266 e. The van der Waals surface area contributed by atoms with E-state index in [1.54, 1.807) is 14.2 Å². The lowest BCUT2D eigenvalue weighted by atomic mass is 9.98. The zero-order chi connectivity index (χ0) is 25.2. The maximum Gasteiger partial charge on any atom is 0.266 e. The van der Waals surface area contributed by atoms with Crippen LogP contribution in [0.3, 0.4) is 0 Å². The van der Waals surface area contributed by atoms with Gasteiger partial charge in [-0.1, -0.05) is 37.3 Å². The van der Waals surface area contributed by atoms with Crippen LogP contribution in [0.2, 0.25) is 0 Å². The molecule has 2 aromatic carbocycles. The van der Waals surface area contributed by atoms with Gasteiger partial charge in [-0.2, -0.15) is 0 Å². The number of amides is 1. The first-order chi connectivity index (χ1) is 17.5. The van der Waals surface area contributed by atoms with Crippen LogP contribution in [0, 0.1) is 0 Å². The third kappa shape index (κ3) is 4.38. The number of likely N-dealkylation sites (N-methyl/N-ethyl adjacent to an activating group) is 1. The maximum absolute atomic E-state index is 13.6. The lowest BCUT2D eigenvalue weighted by Crippen LogP contribution is -2.48. The quantitative estimate of drug-likeness (QED) is 0.399. The van der Waals surface area contributed by atoms with E-state index < -0.39 is 0 Å². The molecule has 0 saturated carbocycles. The normalized spacial score (nSPS) is 14.2. The summed E-state index contributed by atoms with van der Waals surface area (Å²) in [7, 11) is 3.28. The molecule has 0 atom stereocenters. The topological polar surface area (TPSA) is 80.9 Å². The Labute approximate surface area is 215 Å². The number of rotatable bonds is 6. The van der Waals surface area contributed by atoms with Crippen LogP contribution in [0.5, 0.6) is 11.5 Å². The zero-order valence-electron chi connectivity index (χ0n) is 20.8. The number of nitrogen functional groups attached to an aromatic ring is 1. The van der Waals surface area contributed by atoms with Crippen LogP contribution < -0.4 is 15.2 Å². The number of nitrogens with zero attached hydrogens (tertiary/aromatic N) is 3. The van der Waals surface area contributed by atoms with E-state index in [4.69, 9.17) is 20.2 Å². The Morgan fingerprint density at radius 1 is 1.00 bits per heavy atom. The van der Waals surface area contributed by atoms with E-state index in [0.717, 1.165) is 52.2 Å². The van der Waals surface area contributed by atoms with Crippen molar-refractivity contribution in [2.75, 3.05) is 52.7 Å². The molecule has 0 radical (unpaired) electrons. The Morgan fingerprint density at radius 2 is 1.75 bits per heavy atom. The number of hydrogen-bond donors (Lipinski definition) is 1. The highest BCUT2D eigenvalue weighted by Gasteiger charge is 2.28. The largest absolute Gasteiger partial charge is 0.497 e. The van der Waals surface area contributed by atoms with E-state index in [-0.39, 0.29) is 5.91 Å². The fraction of sp³-hybridized carbons (Fsp3) is 0.286. The van der Waals surface area contributed by atoms with E-state index in [9.17, 15) is 4.79 Å². The van der Waals surface area contributed by atoms with Crippen molar-refractivity contribution in [2.45, 2.75) is 6.92 Å². The summed E-state index contributed by atoms with van der Waals surface area (Å²) in [6.07, 6.45) is 0. The second-order valence-electron chi connectivity index (χ2n) is 8.74. The Kier molecular flexibility index (Phi) is 6.80. The van der Waals surface area contributed by atoms with Gasteiger partial charge in [0.15, 0.2) is 0 Å². The van der Waals surface area contributed by atoms with Gasteiger partial charge in [-0.25, -0.2) is 4.98 Å². The molecular weight excluding hydrogens is 472 g/mol. The number of thiophene rings is 1. The number of benzene rings is 2. The molecule has 4 aromatic rings. The highest BCUT2D eigenvalue weighted by molar-refractivity contribution is 7.21. The number of pyridine rings is 1. The molecule has 0 unspecified atom stereocenters. The highest BCUT2D eigenvalue weighted by Crippen LogP contribution is 2.45. The molecule has 2 N–H and O–H groups in total. The minimum absolute atomic E-state index is 0.0314. The monoisotopic (exact) mass is 502 g/mol. The first-order valence-corrected chi connectivity index (χ1v) is 12.9. The van der Waals surface area contributed by atoms with E-state index in [1.807, 2.05) is 59.5 Å². The molecule has 7 nitrogen and oxygen atoms in total. The molecule has 186 valence electrons. The fourth-order valence-electron chi connectivity index (χ4n) is 4.68. The predicted octanol–water partition coefficient (Wildman–Crippen LogP) is 5.01. The number of nitrogens with two attached hydrogens (primary N) is 1. The summed E-state index contributed by atoms with van der Waals surface area (Å²) in [4.78, 5) is 24.0. The van der Waals surface area contributed by atoms with Crippen molar-refractivity contribution in [1.29, 1.82) is 0 Å². The van der Waals surface area contributed by atoms with E-state index in [1.165, 1.54) is 11.3 Å². The molecule has 0 spiro atoms. The number of methoxy groups -OCH3 is 2. The lowest BCUT2D eigenvalue weighted by molar-refractivity contribution is 0.0649. The molecule has 3 heterocycles. The predicted molar refractivity (Wildman–Crippen MR) is 146 cm³/mol. The van der Waals surface area contributed by atoms with Crippen LogP contribution in [0.25, 0.3) is 32.6 Å². The number of carbonyl (C=O) groups is 1. The summed E-state index contributed by atoms with van der Waals surface area (Å²) in [5.74, 6) is 1.36. The molecular formula is C28H30N4O3S. The number of ether oxygens (including phenoxy) is 2. The van der Waals surface area contributed by atoms with Crippen LogP contribution in [-0.2, 0) is 0 Å². The summed E-state index contributed by atoms with van der Waals surface area (Å²) >= 11 is 1.36. The summed E-state index contributed by atoms with van der Waals surface area (Å²) in [5.41, 5.74) is 10.7. The molecule has 1 amide bonds. The van der Waals surface area contributed by atoms with Crippen LogP contribution in [0.1, 0.15) is 16.6 Å². The van der Waals surface area contributed by atoms with Crippen LogP contribution in [0.15, 0.2) is 54.6 Å². The second-order valence-corrected chi connectivity index (χ2v) is 9.74. The Hall–Kier alpha value is -3.62. The van der Waals surface area contributed by atoms with Crippen LogP contribution in [-0.4, -0.2) is 67.6 Å². The van der Waals surface area contributed by atoms with Crippen LogP contribution >= 0.6 is 11.3 Å². The van der Waals surface area contributed by atoms with Gasteiger partial charge in [0.2, 0.25) is 0 Å². The number of fused-ring (bicyclic) bond motifs is 1. The fourth-order valence-corrected chi connectivity index (χ4v) is 5.77. The average Bonchev–Trinajstić information content (AvgIpc) is 3.28. The van der Waals surface area contributed by atoms with Gasteiger partial charge in [0.05, 0.1) is 25.6 Å². The molecule has 5 rings (SSSR count). The third-order valence-corrected chi connectivity index (χ3v) is 7.85. The minimum atomic E-state index is -0.0314. The molecule has 0 bridgehead atoms. The van der Waals surface area contributed by atoms with Crippen molar-refractivity contribution in [3.8, 4) is 33.9 Å². The van der Waals surface area contributed by atoms with Crippen molar-refractivity contribution in [3.05, 3.63) is 59.5 Å². The van der Waals surface area contributed by atoms with Gasteiger partial charge in [0, 0.05) is 48.3 Å². The average molecular weight is 503 g/mol. The molecule has 1 aliphatic rings. The molecule has 1 fully saturated rings. The van der Waals surface area contributed by atoms with Gasteiger partial charge in [-0.3, -0.25) is 4.79 Å². The maximum atomic E-state index is 13.6. The lowest BCUT2D eigenvalue weighted by Gasteiger charge is -2.33. The number of anilines is 1. The van der Waals surface area contributed by atoms with Crippen molar-refractivity contribution >= 4 is 33.1 Å². The van der Waals surface area contributed by atoms with E-state index in [0.29, 0.717) is 35.2 Å². The summed E-state index contributed by atoms with van der Waals surface area (Å²) in [5, 5.41) is 0.766. The molecule has 8 heteroatoms. The van der Waals surface area contributed by atoms with Crippen molar-refractivity contribution in [3.63, 3.8) is 0 Å². The number of hydrogen-bond acceptors (Lipinski definition) is 7. The molecule has 2 aromatic heterocycles. The van der Waals surface area contributed by atoms with E-state index >= 15 is 0 Å². The summed E-state index contributed by atoms with van der Waals surface area (Å²) < 4.78 is 11.2. The Bertz CT molecular complexity index is 1400. The molecule has 1 aliphatic heterocycles. The van der Waals surface area contributed by atoms with Gasteiger partial charge >= 0.3 is 0 Å². The highest BCUT2D eigenvalue weighted by atomic mass is 32.1. The second kappa shape index (κ2) is 10.2. The van der Waals surface area contributed by atoms with Gasteiger partial charge in [-0.05, 0) is 30.8 Å². The SMILES string of the molecule is CCN1CCN(C(=O)c2sc3nc(-c4ccccc4)cc(-c4cc(OC)ccc4OC)c3c2N)CC1. The Morgan fingerprint density at radius 3 is 2.42 bits per heavy atom. The van der Waals surface area contributed by atoms with Crippen molar-refractivity contribution in [1.82, 2.24) is 14.8 Å². The van der Waals surface area contributed by atoms with Gasteiger partial charge in [-0.15, -0.1) is 11.3 Å². The first-order valence-electron chi connectivity index (χ1n) is 12.1. The first kappa shape index (κ1) is 24.1. The van der Waals surface area contributed by atoms with E-state index in [2.05, 4.69) is 11.8 Å². The zero-order valence-corrected chi connectivity index (χ0v) is 21.6. The van der Waals surface area contributed by atoms with Gasteiger partial charge < -0.3 is 25.0 Å². The molecule has 1 saturated heterocycles. The van der Waals surface area contributed by atoms with Gasteiger partial charge in [0.25, 0.3) is 5.91 Å². The number of aromatic nitrogens is 1. The standard InChI is InChI=1S/C28H30N4O3S/c1-4-31-12-14-32(15-13-31)28(33)26-25(29)24-21(20-16-19(34-2)10-11-23(20)35-3)17-22(30-27(24)36-26)18-8-6-5-7-9-18/h5-11,16-17H,4,12-15,29H2,1-3H3. The summed E-state index contributed by atoms with van der Waals surface area (Å²) in [6.45, 7) is 6.27. The van der Waals surface area contributed by atoms with Crippen LogP contribution in [0.4, 0.5) is 5.69 Å². The number of carbonyl (C=O) groups excluding carboxylic acids is 1. The summed E-state index contributed by atoms with van der Waals surface area (Å²) in [6, 6.07) is 17.7. The third-order valence-electron chi connectivity index (χ3n) is 6.77. The minimum Gasteiger partial charge on any atom is -0.497 e. The van der Waals surface area contributed by atoms with Crippen molar-refractivity contribution in [2.24, 2.45) is 0 Å². The molecule has 36 heavy (non-hydrogen) atoms. The Balaban J connectivity index is 1.69. The van der Waals surface area contributed by atoms with Gasteiger partial charge in [0.1, 0.15) is 21.2 Å².